The van der Waals surface area contributed by atoms with Gasteiger partial charge < -0.3 is 15.1 Å². The molecule has 0 spiro atoms. The molecule has 106 valence electrons. The third-order valence-corrected chi connectivity index (χ3v) is 4.33. The summed E-state index contributed by atoms with van der Waals surface area (Å²) in [5, 5.41) is 20.6. The molecule has 3 nitrogen and oxygen atoms in total. The first-order valence-corrected chi connectivity index (χ1v) is 7.28. The lowest BCUT2D eigenvalue weighted by Crippen LogP contribution is -2.43. The molecule has 1 aliphatic rings. The van der Waals surface area contributed by atoms with Gasteiger partial charge in [0, 0.05) is 18.1 Å². The van der Waals surface area contributed by atoms with Gasteiger partial charge >= 0.3 is 0 Å². The summed E-state index contributed by atoms with van der Waals surface area (Å²) in [7, 11) is 0. The monoisotopic (exact) mass is 283 g/mol. The second-order valence-electron chi connectivity index (χ2n) is 5.46. The first-order valence-electron chi connectivity index (χ1n) is 6.91. The summed E-state index contributed by atoms with van der Waals surface area (Å²) >= 11 is 6.07. The molecule has 0 radical (unpaired) electrons. The normalized spacial score (nSPS) is 26.3. The standard InChI is InChI=1S/C15H22ClNO2/c1-11-6-8-17(10-15(11)19)9-7-14(18)12-4-2-3-5-13(12)16/h2-5,11,14-15,18-19H,6-10H2,1H3. The minimum absolute atomic E-state index is 0.244. The molecule has 1 heterocycles. The number of rotatable bonds is 4. The predicted octanol–water partition coefficient (Wildman–Crippen LogP) is 2.47. The van der Waals surface area contributed by atoms with Crippen molar-refractivity contribution < 1.29 is 10.2 Å². The van der Waals surface area contributed by atoms with Gasteiger partial charge in [0.05, 0.1) is 12.2 Å². The Morgan fingerprint density at radius 3 is 2.84 bits per heavy atom. The van der Waals surface area contributed by atoms with Gasteiger partial charge in [-0.25, -0.2) is 0 Å². The lowest BCUT2D eigenvalue weighted by molar-refractivity contribution is 0.0226. The molecule has 0 aliphatic carbocycles. The molecule has 3 unspecified atom stereocenters. The number of piperidine rings is 1. The summed E-state index contributed by atoms with van der Waals surface area (Å²) in [5.74, 6) is 0.379. The van der Waals surface area contributed by atoms with Crippen LogP contribution in [-0.2, 0) is 0 Å². The lowest BCUT2D eigenvalue weighted by Gasteiger charge is -2.34. The molecule has 1 fully saturated rings. The molecule has 0 saturated carbocycles. The van der Waals surface area contributed by atoms with Gasteiger partial charge in [-0.1, -0.05) is 36.7 Å². The maximum Gasteiger partial charge on any atom is 0.0816 e. The molecule has 3 atom stereocenters. The average molecular weight is 284 g/mol. The number of hydrogen-bond acceptors (Lipinski definition) is 3. The van der Waals surface area contributed by atoms with Crippen molar-refractivity contribution in [2.24, 2.45) is 5.92 Å². The Labute approximate surface area is 119 Å². The van der Waals surface area contributed by atoms with Crippen molar-refractivity contribution in [3.05, 3.63) is 34.9 Å². The van der Waals surface area contributed by atoms with Gasteiger partial charge in [-0.15, -0.1) is 0 Å². The average Bonchev–Trinajstić information content (AvgIpc) is 2.40. The van der Waals surface area contributed by atoms with E-state index in [9.17, 15) is 10.2 Å². The SMILES string of the molecule is CC1CCN(CCC(O)c2ccccc2Cl)CC1O. The van der Waals surface area contributed by atoms with Crippen LogP contribution in [0.2, 0.25) is 5.02 Å². The Morgan fingerprint density at radius 1 is 1.42 bits per heavy atom. The molecular weight excluding hydrogens is 262 g/mol. The highest BCUT2D eigenvalue weighted by atomic mass is 35.5. The van der Waals surface area contributed by atoms with E-state index in [1.165, 1.54) is 0 Å². The van der Waals surface area contributed by atoms with Gasteiger partial charge in [0.1, 0.15) is 0 Å². The number of benzene rings is 1. The van der Waals surface area contributed by atoms with Crippen LogP contribution in [0.15, 0.2) is 24.3 Å². The Balaban J connectivity index is 1.84. The third kappa shape index (κ3) is 3.93. The van der Waals surface area contributed by atoms with Gasteiger partial charge in [0.15, 0.2) is 0 Å². The van der Waals surface area contributed by atoms with Gasteiger partial charge in [0.25, 0.3) is 0 Å². The molecule has 1 saturated heterocycles. The highest BCUT2D eigenvalue weighted by Crippen LogP contribution is 2.25. The summed E-state index contributed by atoms with van der Waals surface area (Å²) in [5.41, 5.74) is 0.787. The number of β-amino-alcohol motifs (C(OH)–C–C–N with tert-alkyl or cyclic N) is 1. The van der Waals surface area contributed by atoms with Crippen LogP contribution in [-0.4, -0.2) is 40.9 Å². The molecule has 0 bridgehead atoms. The van der Waals surface area contributed by atoms with E-state index in [-0.39, 0.29) is 6.10 Å². The number of aliphatic hydroxyl groups excluding tert-OH is 2. The fourth-order valence-electron chi connectivity index (χ4n) is 2.52. The summed E-state index contributed by atoms with van der Waals surface area (Å²) in [6, 6.07) is 7.41. The molecule has 2 rings (SSSR count). The molecule has 0 aromatic heterocycles. The summed E-state index contributed by atoms with van der Waals surface area (Å²) in [6.07, 6.45) is 0.880. The number of halogens is 1. The van der Waals surface area contributed by atoms with Crippen molar-refractivity contribution in [3.63, 3.8) is 0 Å². The van der Waals surface area contributed by atoms with Crippen LogP contribution in [0.1, 0.15) is 31.4 Å². The molecule has 0 amide bonds. The first-order chi connectivity index (χ1) is 9.08. The Kier molecular flexibility index (Phi) is 5.22. The first kappa shape index (κ1) is 14.8. The van der Waals surface area contributed by atoms with Gasteiger partial charge in [0.2, 0.25) is 0 Å². The maximum absolute atomic E-state index is 10.2. The van der Waals surface area contributed by atoms with Crippen molar-refractivity contribution >= 4 is 11.6 Å². The topological polar surface area (TPSA) is 43.7 Å². The predicted molar refractivity (Wildman–Crippen MR) is 77.3 cm³/mol. The quantitative estimate of drug-likeness (QED) is 0.892. The van der Waals surface area contributed by atoms with Gasteiger partial charge in [-0.05, 0) is 36.9 Å². The van der Waals surface area contributed by atoms with Crippen LogP contribution in [0, 0.1) is 5.92 Å². The van der Waals surface area contributed by atoms with Crippen molar-refractivity contribution in [2.45, 2.75) is 32.0 Å². The van der Waals surface area contributed by atoms with Crippen LogP contribution in [0.3, 0.4) is 0 Å². The van der Waals surface area contributed by atoms with Crippen molar-refractivity contribution in [2.75, 3.05) is 19.6 Å². The van der Waals surface area contributed by atoms with Gasteiger partial charge in [-0.2, -0.15) is 0 Å². The molecule has 1 aromatic rings. The summed E-state index contributed by atoms with van der Waals surface area (Å²) in [6.45, 7) is 4.57. The van der Waals surface area contributed by atoms with E-state index in [2.05, 4.69) is 11.8 Å². The molecule has 4 heteroatoms. The van der Waals surface area contributed by atoms with Gasteiger partial charge in [-0.3, -0.25) is 0 Å². The van der Waals surface area contributed by atoms with Crippen LogP contribution < -0.4 is 0 Å². The smallest absolute Gasteiger partial charge is 0.0816 e. The maximum atomic E-state index is 10.2. The lowest BCUT2D eigenvalue weighted by atomic mass is 9.95. The highest BCUT2D eigenvalue weighted by Gasteiger charge is 2.24. The highest BCUT2D eigenvalue weighted by molar-refractivity contribution is 6.31. The van der Waals surface area contributed by atoms with Crippen molar-refractivity contribution in [1.82, 2.24) is 4.90 Å². The molecule has 19 heavy (non-hydrogen) atoms. The second-order valence-corrected chi connectivity index (χ2v) is 5.87. The Bertz CT molecular complexity index is 413. The van der Waals surface area contributed by atoms with E-state index in [1.807, 2.05) is 18.2 Å². The number of likely N-dealkylation sites (tertiary alicyclic amines) is 1. The minimum Gasteiger partial charge on any atom is -0.392 e. The Hall–Kier alpha value is -0.610. The summed E-state index contributed by atoms with van der Waals surface area (Å²) in [4.78, 5) is 2.21. The van der Waals surface area contributed by atoms with Crippen molar-refractivity contribution in [3.8, 4) is 0 Å². The van der Waals surface area contributed by atoms with E-state index in [0.29, 0.717) is 23.9 Å². The minimum atomic E-state index is -0.537. The van der Waals surface area contributed by atoms with Crippen LogP contribution in [0.4, 0.5) is 0 Å². The number of aliphatic hydroxyl groups is 2. The third-order valence-electron chi connectivity index (χ3n) is 3.99. The van der Waals surface area contributed by atoms with E-state index in [4.69, 9.17) is 11.6 Å². The van der Waals surface area contributed by atoms with Crippen LogP contribution >= 0.6 is 11.6 Å². The zero-order valence-electron chi connectivity index (χ0n) is 11.3. The second kappa shape index (κ2) is 6.71. The van der Waals surface area contributed by atoms with Crippen LogP contribution in [0.25, 0.3) is 0 Å². The van der Waals surface area contributed by atoms with E-state index < -0.39 is 6.10 Å². The van der Waals surface area contributed by atoms with E-state index in [1.54, 1.807) is 6.07 Å². The number of nitrogens with zero attached hydrogens (tertiary/aromatic N) is 1. The van der Waals surface area contributed by atoms with Crippen LogP contribution in [0.5, 0.6) is 0 Å². The number of hydrogen-bond donors (Lipinski definition) is 2. The zero-order chi connectivity index (χ0) is 13.8. The van der Waals surface area contributed by atoms with Crippen molar-refractivity contribution in [1.29, 1.82) is 0 Å². The molecule has 1 aliphatic heterocycles. The zero-order valence-corrected chi connectivity index (χ0v) is 12.1. The van der Waals surface area contributed by atoms with E-state index in [0.717, 1.165) is 25.1 Å². The molecular formula is C15H22ClNO2. The van der Waals surface area contributed by atoms with E-state index >= 15 is 0 Å². The summed E-state index contributed by atoms with van der Waals surface area (Å²) < 4.78 is 0. The molecule has 1 aromatic carbocycles. The fourth-order valence-corrected chi connectivity index (χ4v) is 2.78. The molecule has 2 N–H and O–H groups in total. The largest absolute Gasteiger partial charge is 0.392 e. The fraction of sp³-hybridized carbons (Fsp3) is 0.600. The Morgan fingerprint density at radius 2 is 2.16 bits per heavy atom.